The highest BCUT2D eigenvalue weighted by Crippen LogP contribution is 2.25. The van der Waals surface area contributed by atoms with E-state index >= 15 is 0 Å². The predicted octanol–water partition coefficient (Wildman–Crippen LogP) is 2.97. The Hall–Kier alpha value is -2.82. The molecule has 0 bridgehead atoms. The van der Waals surface area contributed by atoms with Gasteiger partial charge in [-0.3, -0.25) is 9.59 Å². The maximum absolute atomic E-state index is 13.0. The molecule has 0 saturated carbocycles. The molecule has 3 rings (SSSR count). The Morgan fingerprint density at radius 1 is 1.07 bits per heavy atom. The Balaban J connectivity index is 1.55. The maximum atomic E-state index is 13.0. The van der Waals surface area contributed by atoms with Crippen molar-refractivity contribution in [1.29, 1.82) is 0 Å². The number of amides is 2. The molecule has 2 amide bonds. The molecule has 1 aliphatic heterocycles. The molecular formula is C23H28N2O3. The number of fused-ring (bicyclic) bond motifs is 1. The van der Waals surface area contributed by atoms with E-state index in [0.717, 1.165) is 23.3 Å². The number of methoxy groups -OCH3 is 1. The van der Waals surface area contributed by atoms with E-state index in [1.807, 2.05) is 36.4 Å². The number of carbonyl (C=O) groups excluding carboxylic acids is 2. The summed E-state index contributed by atoms with van der Waals surface area (Å²) in [4.78, 5) is 27.5. The van der Waals surface area contributed by atoms with Crippen LogP contribution in [0.4, 0.5) is 0 Å². The first kappa shape index (κ1) is 19.9. The van der Waals surface area contributed by atoms with Gasteiger partial charge in [-0.15, -0.1) is 0 Å². The average molecular weight is 380 g/mol. The Bertz CT molecular complexity index is 843. The maximum Gasteiger partial charge on any atom is 0.238 e. The van der Waals surface area contributed by atoms with Crippen LogP contribution in [0.3, 0.4) is 0 Å². The third-order valence-electron chi connectivity index (χ3n) is 5.38. The molecule has 1 N–H and O–H groups in total. The molecule has 0 fully saturated rings. The molecule has 1 aliphatic rings. The molecule has 0 aromatic heterocycles. The summed E-state index contributed by atoms with van der Waals surface area (Å²) >= 11 is 0. The fourth-order valence-corrected chi connectivity index (χ4v) is 3.50. The second-order valence-corrected chi connectivity index (χ2v) is 7.72. The largest absolute Gasteiger partial charge is 0.497 e. The smallest absolute Gasteiger partial charge is 0.238 e. The Morgan fingerprint density at radius 2 is 1.75 bits per heavy atom. The normalized spacial score (nSPS) is 13.6. The van der Waals surface area contributed by atoms with E-state index in [9.17, 15) is 9.59 Å². The van der Waals surface area contributed by atoms with E-state index < -0.39 is 5.41 Å². The zero-order valence-corrected chi connectivity index (χ0v) is 16.8. The van der Waals surface area contributed by atoms with Gasteiger partial charge in [0.1, 0.15) is 11.2 Å². The summed E-state index contributed by atoms with van der Waals surface area (Å²) in [7, 11) is 1.63. The van der Waals surface area contributed by atoms with Crippen LogP contribution in [0, 0.1) is 5.41 Å². The van der Waals surface area contributed by atoms with Crippen molar-refractivity contribution in [1.82, 2.24) is 10.2 Å². The third kappa shape index (κ3) is 4.35. The highest BCUT2D eigenvalue weighted by molar-refractivity contribution is 6.04. The fraction of sp³-hybridized carbons (Fsp3) is 0.391. The van der Waals surface area contributed by atoms with Crippen molar-refractivity contribution < 1.29 is 14.3 Å². The van der Waals surface area contributed by atoms with Crippen LogP contribution in [0.15, 0.2) is 48.5 Å². The van der Waals surface area contributed by atoms with Gasteiger partial charge in [0.05, 0.1) is 7.11 Å². The quantitative estimate of drug-likeness (QED) is 0.784. The van der Waals surface area contributed by atoms with Gasteiger partial charge in [0.25, 0.3) is 0 Å². The van der Waals surface area contributed by atoms with E-state index in [4.69, 9.17) is 4.74 Å². The monoisotopic (exact) mass is 380 g/mol. The van der Waals surface area contributed by atoms with Gasteiger partial charge in [0, 0.05) is 19.6 Å². The highest BCUT2D eigenvalue weighted by Gasteiger charge is 2.39. The summed E-state index contributed by atoms with van der Waals surface area (Å²) in [6, 6.07) is 15.9. The van der Waals surface area contributed by atoms with Crippen molar-refractivity contribution >= 4 is 11.8 Å². The van der Waals surface area contributed by atoms with Gasteiger partial charge in [0.2, 0.25) is 11.8 Å². The molecule has 0 unspecified atom stereocenters. The second-order valence-electron chi connectivity index (χ2n) is 7.72. The molecule has 0 spiro atoms. The molecule has 28 heavy (non-hydrogen) atoms. The number of ether oxygens (including phenoxy) is 1. The van der Waals surface area contributed by atoms with Crippen LogP contribution in [0.1, 0.15) is 30.5 Å². The first-order valence-electron chi connectivity index (χ1n) is 9.69. The Morgan fingerprint density at radius 3 is 2.43 bits per heavy atom. The van der Waals surface area contributed by atoms with Gasteiger partial charge >= 0.3 is 0 Å². The molecular weight excluding hydrogens is 352 g/mol. The number of benzene rings is 2. The summed E-state index contributed by atoms with van der Waals surface area (Å²) in [5.41, 5.74) is 2.47. The molecule has 0 atom stereocenters. The number of hydrogen-bond acceptors (Lipinski definition) is 3. The van der Waals surface area contributed by atoms with Crippen LogP contribution < -0.4 is 10.1 Å². The summed E-state index contributed by atoms with van der Waals surface area (Å²) in [6.07, 6.45) is 1.54. The molecule has 148 valence electrons. The lowest BCUT2D eigenvalue weighted by molar-refractivity contribution is -0.149. The van der Waals surface area contributed by atoms with E-state index in [0.29, 0.717) is 26.1 Å². The number of nitrogens with one attached hydrogen (secondary N) is 1. The third-order valence-corrected chi connectivity index (χ3v) is 5.38. The summed E-state index contributed by atoms with van der Waals surface area (Å²) < 4.78 is 5.15. The number of rotatable bonds is 6. The van der Waals surface area contributed by atoms with Crippen LogP contribution in [-0.4, -0.2) is 36.9 Å². The van der Waals surface area contributed by atoms with Crippen LogP contribution in [-0.2, 0) is 29.0 Å². The average Bonchev–Trinajstić information content (AvgIpc) is 2.73. The van der Waals surface area contributed by atoms with Crippen LogP contribution in [0.25, 0.3) is 0 Å². The molecule has 0 saturated heterocycles. The summed E-state index contributed by atoms with van der Waals surface area (Å²) in [5.74, 6) is 0.455. The van der Waals surface area contributed by atoms with Crippen molar-refractivity contribution in [2.75, 3.05) is 20.2 Å². The van der Waals surface area contributed by atoms with Gasteiger partial charge in [-0.1, -0.05) is 36.4 Å². The Labute approximate surface area is 166 Å². The van der Waals surface area contributed by atoms with Crippen molar-refractivity contribution in [3.63, 3.8) is 0 Å². The van der Waals surface area contributed by atoms with Crippen molar-refractivity contribution in [2.24, 2.45) is 5.41 Å². The molecule has 1 heterocycles. The lowest BCUT2D eigenvalue weighted by atomic mass is 9.88. The predicted molar refractivity (Wildman–Crippen MR) is 109 cm³/mol. The van der Waals surface area contributed by atoms with Gasteiger partial charge in [-0.2, -0.15) is 0 Å². The zero-order valence-electron chi connectivity index (χ0n) is 16.8. The number of carbonyl (C=O) groups is 2. The lowest BCUT2D eigenvalue weighted by Gasteiger charge is -2.34. The Kier molecular flexibility index (Phi) is 6.02. The second kappa shape index (κ2) is 8.46. The molecule has 0 aliphatic carbocycles. The first-order valence-corrected chi connectivity index (χ1v) is 9.69. The minimum atomic E-state index is -1.09. The molecule has 0 radical (unpaired) electrons. The van der Waals surface area contributed by atoms with Crippen molar-refractivity contribution in [2.45, 2.75) is 33.2 Å². The van der Waals surface area contributed by atoms with E-state index in [1.54, 1.807) is 25.9 Å². The van der Waals surface area contributed by atoms with Crippen LogP contribution >= 0.6 is 0 Å². The number of nitrogens with zero attached hydrogens (tertiary/aromatic N) is 1. The van der Waals surface area contributed by atoms with Crippen molar-refractivity contribution in [3.05, 3.63) is 65.2 Å². The van der Waals surface area contributed by atoms with E-state index in [2.05, 4.69) is 17.4 Å². The van der Waals surface area contributed by atoms with Crippen LogP contribution in [0.2, 0.25) is 0 Å². The summed E-state index contributed by atoms with van der Waals surface area (Å²) in [5, 5.41) is 2.92. The fourth-order valence-electron chi connectivity index (χ4n) is 3.50. The first-order chi connectivity index (χ1) is 13.4. The lowest BCUT2D eigenvalue weighted by Crippen LogP contribution is -2.51. The van der Waals surface area contributed by atoms with Crippen LogP contribution in [0.5, 0.6) is 5.75 Å². The zero-order chi connectivity index (χ0) is 20.1. The standard InChI is InChI=1S/C23H28N2O3/c1-23(2,21(26)24-14-12-17-8-10-20(28-3)11-9-17)22(27)25-15-13-18-6-4-5-7-19(18)16-25/h4-11H,12-16H2,1-3H3,(H,24,26). The SMILES string of the molecule is COc1ccc(CCNC(=O)C(C)(C)C(=O)N2CCc3ccccc3C2)cc1. The topological polar surface area (TPSA) is 58.6 Å². The molecule has 2 aromatic rings. The highest BCUT2D eigenvalue weighted by atomic mass is 16.5. The minimum absolute atomic E-state index is 0.121. The van der Waals surface area contributed by atoms with E-state index in [-0.39, 0.29) is 11.8 Å². The molecule has 5 nitrogen and oxygen atoms in total. The van der Waals surface area contributed by atoms with Gasteiger partial charge < -0.3 is 15.0 Å². The van der Waals surface area contributed by atoms with E-state index in [1.165, 1.54) is 5.56 Å². The van der Waals surface area contributed by atoms with Gasteiger partial charge in [-0.05, 0) is 55.5 Å². The summed E-state index contributed by atoms with van der Waals surface area (Å²) in [6.45, 7) is 5.12. The van der Waals surface area contributed by atoms with Gasteiger partial charge in [0.15, 0.2) is 0 Å². The van der Waals surface area contributed by atoms with Gasteiger partial charge in [-0.25, -0.2) is 0 Å². The molecule has 5 heteroatoms. The minimum Gasteiger partial charge on any atom is -0.497 e. The molecule has 2 aromatic carbocycles. The van der Waals surface area contributed by atoms with Crippen molar-refractivity contribution in [3.8, 4) is 5.75 Å². The number of hydrogen-bond donors (Lipinski definition) is 1.